The summed E-state index contributed by atoms with van der Waals surface area (Å²) in [5.41, 5.74) is 1.49. The second kappa shape index (κ2) is 10.4. The molecule has 2 aromatic rings. The number of ether oxygens (including phenoxy) is 1. The summed E-state index contributed by atoms with van der Waals surface area (Å²) in [6.45, 7) is 4.37. The summed E-state index contributed by atoms with van der Waals surface area (Å²) in [6.07, 6.45) is 0. The van der Waals surface area contributed by atoms with E-state index < -0.39 is 9.84 Å². The average Bonchev–Trinajstić information content (AvgIpc) is 3.33. The van der Waals surface area contributed by atoms with Crippen LogP contribution in [0, 0.1) is 0 Å². The highest BCUT2D eigenvalue weighted by Gasteiger charge is 2.42. The van der Waals surface area contributed by atoms with Crippen molar-refractivity contribution in [3.8, 4) is 5.75 Å². The lowest BCUT2D eigenvalue weighted by molar-refractivity contribution is 0.0620. The fourth-order valence-corrected chi connectivity index (χ4v) is 8.22. The van der Waals surface area contributed by atoms with Gasteiger partial charge in [-0.3, -0.25) is 14.7 Å². The molecular formula is C24H27ClN4O4S2. The maximum absolute atomic E-state index is 12.9. The topological polar surface area (TPSA) is 91.3 Å². The monoisotopic (exact) mass is 534 g/mol. The second-order valence-electron chi connectivity index (χ2n) is 8.87. The van der Waals surface area contributed by atoms with Crippen molar-refractivity contribution in [2.24, 2.45) is 4.99 Å². The lowest BCUT2D eigenvalue weighted by Crippen LogP contribution is -2.49. The van der Waals surface area contributed by atoms with E-state index in [-0.39, 0.29) is 28.7 Å². The minimum absolute atomic E-state index is 0.00557. The zero-order valence-electron chi connectivity index (χ0n) is 19.1. The number of hydrogen-bond acceptors (Lipinski definition) is 8. The van der Waals surface area contributed by atoms with E-state index in [4.69, 9.17) is 16.3 Å². The zero-order valence-corrected chi connectivity index (χ0v) is 21.5. The highest BCUT2D eigenvalue weighted by molar-refractivity contribution is 8.15. The second-order valence-corrected chi connectivity index (χ2v) is 12.7. The zero-order chi connectivity index (χ0) is 24.4. The fraction of sp³-hybridized carbons (Fsp3) is 0.417. The Labute approximate surface area is 214 Å². The van der Waals surface area contributed by atoms with E-state index in [0.717, 1.165) is 36.2 Å². The summed E-state index contributed by atoms with van der Waals surface area (Å²) in [4.78, 5) is 21.7. The van der Waals surface area contributed by atoms with Gasteiger partial charge >= 0.3 is 0 Å². The molecule has 3 heterocycles. The molecule has 2 aromatic carbocycles. The number of aliphatic imine (C=N–C) groups is 1. The number of hydrogen-bond donors (Lipinski definition) is 1. The van der Waals surface area contributed by atoms with Gasteiger partial charge in [0.15, 0.2) is 15.0 Å². The van der Waals surface area contributed by atoms with Crippen molar-refractivity contribution in [1.82, 2.24) is 9.80 Å². The van der Waals surface area contributed by atoms with Crippen LogP contribution in [-0.2, 0) is 9.84 Å². The van der Waals surface area contributed by atoms with Crippen LogP contribution in [0.15, 0.2) is 53.5 Å². The molecule has 3 aliphatic rings. The molecule has 11 heteroatoms. The van der Waals surface area contributed by atoms with Gasteiger partial charge in [0.05, 0.1) is 17.5 Å². The number of anilines is 1. The smallest absolute Gasteiger partial charge is 0.253 e. The van der Waals surface area contributed by atoms with Gasteiger partial charge in [-0.2, -0.15) is 0 Å². The number of thioether (sulfide) groups is 1. The van der Waals surface area contributed by atoms with E-state index in [0.29, 0.717) is 30.3 Å². The van der Waals surface area contributed by atoms with Crippen LogP contribution in [0.2, 0.25) is 5.02 Å². The molecule has 1 amide bonds. The Morgan fingerprint density at radius 2 is 1.77 bits per heavy atom. The van der Waals surface area contributed by atoms with Gasteiger partial charge in [-0.25, -0.2) is 8.42 Å². The molecule has 1 N–H and O–H groups in total. The molecular weight excluding hydrogens is 508 g/mol. The van der Waals surface area contributed by atoms with E-state index >= 15 is 0 Å². The predicted octanol–water partition coefficient (Wildman–Crippen LogP) is 2.86. The van der Waals surface area contributed by atoms with Gasteiger partial charge in [0.25, 0.3) is 5.91 Å². The molecule has 3 aliphatic heterocycles. The number of nitrogens with one attached hydrogen (secondary N) is 1. The summed E-state index contributed by atoms with van der Waals surface area (Å²) in [6, 6.07) is 14.6. The van der Waals surface area contributed by atoms with Crippen molar-refractivity contribution in [1.29, 1.82) is 0 Å². The molecule has 0 aromatic heterocycles. The molecule has 0 bridgehead atoms. The van der Waals surface area contributed by atoms with Crippen molar-refractivity contribution in [2.45, 2.75) is 11.3 Å². The van der Waals surface area contributed by atoms with E-state index in [1.165, 1.54) is 11.8 Å². The van der Waals surface area contributed by atoms with Crippen molar-refractivity contribution >= 4 is 50.0 Å². The van der Waals surface area contributed by atoms with E-state index in [9.17, 15) is 13.2 Å². The summed E-state index contributed by atoms with van der Waals surface area (Å²) in [7, 11) is -2.96. The van der Waals surface area contributed by atoms with E-state index in [1.807, 2.05) is 53.4 Å². The van der Waals surface area contributed by atoms with Gasteiger partial charge in [-0.05, 0) is 48.5 Å². The van der Waals surface area contributed by atoms with Crippen LogP contribution in [0.5, 0.6) is 5.75 Å². The van der Waals surface area contributed by atoms with Gasteiger partial charge in [-0.1, -0.05) is 23.4 Å². The number of piperazine rings is 1. The lowest BCUT2D eigenvalue weighted by atomic mass is 10.1. The number of amidine groups is 1. The molecule has 0 aliphatic carbocycles. The Morgan fingerprint density at radius 3 is 2.46 bits per heavy atom. The first-order valence-electron chi connectivity index (χ1n) is 11.6. The molecule has 0 spiro atoms. The predicted molar refractivity (Wildman–Crippen MR) is 141 cm³/mol. The van der Waals surface area contributed by atoms with Gasteiger partial charge in [0, 0.05) is 54.2 Å². The molecule has 0 radical (unpaired) electrons. The Balaban J connectivity index is 1.06. The summed E-state index contributed by atoms with van der Waals surface area (Å²) < 4.78 is 29.2. The largest absolute Gasteiger partial charge is 0.492 e. The van der Waals surface area contributed by atoms with Crippen molar-refractivity contribution in [3.63, 3.8) is 0 Å². The number of carbonyl (C=O) groups excluding carboxylic acids is 1. The first kappa shape index (κ1) is 24.4. The normalized spacial score (nSPS) is 23.6. The molecule has 2 fully saturated rings. The van der Waals surface area contributed by atoms with Crippen LogP contribution in [0.25, 0.3) is 0 Å². The molecule has 35 heavy (non-hydrogen) atoms. The van der Waals surface area contributed by atoms with Crippen LogP contribution in [-0.4, -0.2) is 91.4 Å². The Bertz CT molecular complexity index is 1200. The van der Waals surface area contributed by atoms with Crippen LogP contribution < -0.4 is 10.1 Å². The fourth-order valence-electron chi connectivity index (χ4n) is 4.42. The molecule has 2 atom stereocenters. The van der Waals surface area contributed by atoms with Gasteiger partial charge in [-0.15, -0.1) is 0 Å². The molecule has 5 rings (SSSR count). The quantitative estimate of drug-likeness (QED) is 0.609. The third-order valence-electron chi connectivity index (χ3n) is 6.35. The van der Waals surface area contributed by atoms with E-state index in [1.54, 1.807) is 0 Å². The number of benzene rings is 2. The number of nitrogens with zero attached hydrogens (tertiary/aromatic N) is 3. The molecule has 0 saturated carbocycles. The van der Waals surface area contributed by atoms with Crippen molar-refractivity contribution in [2.75, 3.05) is 56.2 Å². The Kier molecular flexibility index (Phi) is 7.24. The van der Waals surface area contributed by atoms with Gasteiger partial charge in [0.2, 0.25) is 0 Å². The first-order valence-corrected chi connectivity index (χ1v) is 14.6. The van der Waals surface area contributed by atoms with Crippen LogP contribution >= 0.6 is 23.4 Å². The van der Waals surface area contributed by atoms with Crippen LogP contribution in [0.4, 0.5) is 5.69 Å². The van der Waals surface area contributed by atoms with E-state index in [2.05, 4.69) is 15.2 Å². The maximum atomic E-state index is 12.9. The van der Waals surface area contributed by atoms with Crippen LogP contribution in [0.1, 0.15) is 10.4 Å². The third kappa shape index (κ3) is 6.11. The molecule has 8 nitrogen and oxygen atoms in total. The first-order chi connectivity index (χ1) is 16.8. The number of halogens is 1. The number of amides is 1. The highest BCUT2D eigenvalue weighted by Crippen LogP contribution is 2.34. The van der Waals surface area contributed by atoms with Gasteiger partial charge < -0.3 is 15.0 Å². The summed E-state index contributed by atoms with van der Waals surface area (Å²) >= 11 is 7.38. The third-order valence-corrected chi connectivity index (χ3v) is 9.74. The maximum Gasteiger partial charge on any atom is 0.253 e. The van der Waals surface area contributed by atoms with Gasteiger partial charge in [0.1, 0.15) is 12.4 Å². The molecule has 0 unspecified atom stereocenters. The number of rotatable bonds is 6. The van der Waals surface area contributed by atoms with Crippen LogP contribution in [0.3, 0.4) is 0 Å². The molecule has 2 saturated heterocycles. The minimum Gasteiger partial charge on any atom is -0.492 e. The number of sulfone groups is 1. The Hall–Kier alpha value is -2.27. The Morgan fingerprint density at radius 1 is 1.06 bits per heavy atom. The highest BCUT2D eigenvalue weighted by atomic mass is 35.5. The summed E-state index contributed by atoms with van der Waals surface area (Å²) in [5.74, 6) is 1.15. The SMILES string of the molecule is O=C(c1ccc(NC2=N[C@H]3CS(=O)(=O)C[C@@H]3S2)cc1)N1CCN(CCOc2ccc(Cl)cc2)CC1. The molecule has 186 valence electrons. The number of carbonyl (C=O) groups is 1. The lowest BCUT2D eigenvalue weighted by Gasteiger charge is -2.34. The van der Waals surface area contributed by atoms with Crippen molar-refractivity contribution < 1.29 is 17.9 Å². The summed E-state index contributed by atoms with van der Waals surface area (Å²) in [5, 5.41) is 4.68. The number of fused-ring (bicyclic) bond motifs is 1. The van der Waals surface area contributed by atoms with Crippen molar-refractivity contribution in [3.05, 3.63) is 59.1 Å². The standard InChI is InChI=1S/C24H27ClN4O4S2/c25-18-3-7-20(8-4-18)33-14-13-28-9-11-29(12-10-28)23(30)17-1-5-19(6-2-17)26-24-27-21-15-35(31,32)16-22(21)34-24/h1-8,21-22H,9-16H2,(H,26,27)/t21-,22-/m0/s1. The minimum atomic E-state index is -2.96. The average molecular weight is 535 g/mol.